The highest BCUT2D eigenvalue weighted by molar-refractivity contribution is 5.88. The van der Waals surface area contributed by atoms with Gasteiger partial charge in [0, 0.05) is 39.8 Å². The van der Waals surface area contributed by atoms with E-state index in [0.717, 1.165) is 6.54 Å². The van der Waals surface area contributed by atoms with Crippen LogP contribution in [0.25, 0.3) is 0 Å². The monoisotopic (exact) mass is 299 g/mol. The predicted molar refractivity (Wildman–Crippen MR) is 76.7 cm³/mol. The first kappa shape index (κ1) is 16.2. The Bertz CT molecular complexity index is 394. The number of piperidine rings is 1. The van der Waals surface area contributed by atoms with Crippen molar-refractivity contribution in [1.29, 1.82) is 0 Å². The van der Waals surface area contributed by atoms with Crippen molar-refractivity contribution in [3.05, 3.63) is 0 Å². The molecule has 0 atom stereocenters. The van der Waals surface area contributed by atoms with E-state index >= 15 is 0 Å². The summed E-state index contributed by atoms with van der Waals surface area (Å²) < 4.78 is 4.88. The number of hydrogen-bond donors (Lipinski definition) is 1. The van der Waals surface area contributed by atoms with E-state index in [4.69, 9.17) is 9.84 Å². The van der Waals surface area contributed by atoms with Crippen molar-refractivity contribution < 1.29 is 19.4 Å². The maximum atomic E-state index is 12.7. The second-order valence-electron chi connectivity index (χ2n) is 5.78. The summed E-state index contributed by atoms with van der Waals surface area (Å²) in [4.78, 5) is 30.2. The summed E-state index contributed by atoms with van der Waals surface area (Å²) in [6.45, 7) is 3.08. The Kier molecular flexibility index (Phi) is 5.18. The molecule has 2 rings (SSSR count). The molecule has 1 spiro atoms. The minimum atomic E-state index is -0.517. The van der Waals surface area contributed by atoms with Crippen LogP contribution in [0.3, 0.4) is 0 Å². The van der Waals surface area contributed by atoms with Crippen LogP contribution in [0.5, 0.6) is 0 Å². The van der Waals surface area contributed by atoms with Gasteiger partial charge in [-0.15, -0.1) is 0 Å². The number of amides is 2. The molecule has 0 aromatic carbocycles. The number of carbonyl (C=O) groups excluding carboxylic acids is 2. The Morgan fingerprint density at radius 3 is 2.52 bits per heavy atom. The molecule has 2 aliphatic rings. The van der Waals surface area contributed by atoms with Crippen LogP contribution in [-0.2, 0) is 14.3 Å². The van der Waals surface area contributed by atoms with Crippen LogP contribution < -0.4 is 0 Å². The molecule has 0 aliphatic carbocycles. The van der Waals surface area contributed by atoms with Gasteiger partial charge in [0.05, 0.1) is 6.61 Å². The van der Waals surface area contributed by atoms with E-state index in [0.29, 0.717) is 39.0 Å². The molecule has 2 heterocycles. The van der Waals surface area contributed by atoms with Gasteiger partial charge in [0.25, 0.3) is 0 Å². The number of carbonyl (C=O) groups is 2. The number of aliphatic hydroxyl groups excluding tert-OH is 1. The van der Waals surface area contributed by atoms with Gasteiger partial charge in [0.1, 0.15) is 12.1 Å². The molecular formula is C14H25N3O4. The van der Waals surface area contributed by atoms with Crippen LogP contribution in [-0.4, -0.2) is 97.3 Å². The lowest BCUT2D eigenvalue weighted by molar-refractivity contribution is -0.157. The molecule has 2 amide bonds. The first-order chi connectivity index (χ1) is 10.0. The summed E-state index contributed by atoms with van der Waals surface area (Å²) in [5.41, 5.74) is -0.517. The number of likely N-dealkylation sites (tertiary alicyclic amines) is 1. The van der Waals surface area contributed by atoms with Crippen LogP contribution in [0.15, 0.2) is 0 Å². The molecule has 0 bridgehead atoms. The van der Waals surface area contributed by atoms with Crippen LogP contribution in [0.2, 0.25) is 0 Å². The Labute approximate surface area is 125 Å². The van der Waals surface area contributed by atoms with Crippen molar-refractivity contribution in [1.82, 2.24) is 14.7 Å². The summed E-state index contributed by atoms with van der Waals surface area (Å²) in [6.07, 6.45) is 1.28. The fourth-order valence-corrected chi connectivity index (χ4v) is 3.31. The maximum absolute atomic E-state index is 12.7. The van der Waals surface area contributed by atoms with E-state index < -0.39 is 5.54 Å². The largest absolute Gasteiger partial charge is 0.395 e. The average Bonchev–Trinajstić information content (AvgIpc) is 2.49. The van der Waals surface area contributed by atoms with Gasteiger partial charge < -0.3 is 19.6 Å². The zero-order valence-corrected chi connectivity index (χ0v) is 12.9. The molecule has 2 aliphatic heterocycles. The number of aliphatic hydroxyl groups is 1. The smallest absolute Gasteiger partial charge is 0.248 e. The summed E-state index contributed by atoms with van der Waals surface area (Å²) in [5, 5.41) is 9.09. The first-order valence-corrected chi connectivity index (χ1v) is 7.43. The van der Waals surface area contributed by atoms with E-state index in [1.807, 2.05) is 7.05 Å². The number of methoxy groups -OCH3 is 1. The fraction of sp³-hybridized carbons (Fsp3) is 0.857. The molecule has 2 fully saturated rings. The van der Waals surface area contributed by atoms with Gasteiger partial charge in [0.15, 0.2) is 0 Å². The van der Waals surface area contributed by atoms with Crippen LogP contribution in [0.1, 0.15) is 12.8 Å². The number of rotatable bonds is 4. The highest BCUT2D eigenvalue weighted by Gasteiger charge is 2.49. The molecule has 0 aromatic heterocycles. The Morgan fingerprint density at radius 1 is 1.29 bits per heavy atom. The second-order valence-corrected chi connectivity index (χ2v) is 5.78. The molecule has 0 unspecified atom stereocenters. The number of likely N-dealkylation sites (N-methyl/N-ethyl adjacent to an activating group) is 1. The molecule has 7 heteroatoms. The Hall–Kier alpha value is -1.18. The maximum Gasteiger partial charge on any atom is 0.248 e. The second kappa shape index (κ2) is 6.72. The normalized spacial score (nSPS) is 22.9. The summed E-state index contributed by atoms with van der Waals surface area (Å²) in [5.74, 6) is 0.0645. The van der Waals surface area contributed by atoms with Crippen LogP contribution >= 0.6 is 0 Å². The zero-order chi connectivity index (χ0) is 15.5. The third-order valence-electron chi connectivity index (χ3n) is 4.70. The summed E-state index contributed by atoms with van der Waals surface area (Å²) >= 11 is 0. The van der Waals surface area contributed by atoms with Gasteiger partial charge in [-0.1, -0.05) is 0 Å². The van der Waals surface area contributed by atoms with Gasteiger partial charge in [-0.3, -0.25) is 14.5 Å². The van der Waals surface area contributed by atoms with E-state index in [2.05, 4.69) is 4.90 Å². The van der Waals surface area contributed by atoms with Gasteiger partial charge in [-0.25, -0.2) is 0 Å². The van der Waals surface area contributed by atoms with E-state index in [1.54, 1.807) is 9.80 Å². The highest BCUT2D eigenvalue weighted by Crippen LogP contribution is 2.32. The molecule has 0 radical (unpaired) electrons. The molecule has 1 N–H and O–H groups in total. The third kappa shape index (κ3) is 3.04. The number of hydrogen-bond acceptors (Lipinski definition) is 5. The molecule has 7 nitrogen and oxygen atoms in total. The third-order valence-corrected chi connectivity index (χ3v) is 4.70. The quantitative estimate of drug-likeness (QED) is 0.703. The molecule has 0 aromatic rings. The fourth-order valence-electron chi connectivity index (χ4n) is 3.31. The van der Waals surface area contributed by atoms with E-state index in [1.165, 1.54) is 7.11 Å². The molecular weight excluding hydrogens is 274 g/mol. The average molecular weight is 299 g/mol. The molecule has 0 saturated carbocycles. The first-order valence-electron chi connectivity index (χ1n) is 7.43. The van der Waals surface area contributed by atoms with Crippen molar-refractivity contribution in [3.63, 3.8) is 0 Å². The summed E-state index contributed by atoms with van der Waals surface area (Å²) in [6, 6.07) is 0. The van der Waals surface area contributed by atoms with Gasteiger partial charge in [-0.05, 0) is 19.9 Å². The van der Waals surface area contributed by atoms with Crippen molar-refractivity contribution in [2.24, 2.45) is 0 Å². The lowest BCUT2D eigenvalue weighted by atomic mass is 9.82. The van der Waals surface area contributed by atoms with Crippen LogP contribution in [0.4, 0.5) is 0 Å². The van der Waals surface area contributed by atoms with Crippen molar-refractivity contribution in [3.8, 4) is 0 Å². The highest BCUT2D eigenvalue weighted by atomic mass is 16.5. The molecule has 21 heavy (non-hydrogen) atoms. The minimum absolute atomic E-state index is 0.00994. The number of nitrogens with zero attached hydrogens (tertiary/aromatic N) is 3. The Balaban J connectivity index is 2.05. The summed E-state index contributed by atoms with van der Waals surface area (Å²) in [7, 11) is 3.48. The van der Waals surface area contributed by atoms with Crippen molar-refractivity contribution >= 4 is 11.8 Å². The molecule has 2 saturated heterocycles. The van der Waals surface area contributed by atoms with Gasteiger partial charge in [0.2, 0.25) is 11.8 Å². The van der Waals surface area contributed by atoms with E-state index in [-0.39, 0.29) is 25.0 Å². The Morgan fingerprint density at radius 2 is 1.95 bits per heavy atom. The lowest BCUT2D eigenvalue weighted by Crippen LogP contribution is -2.68. The van der Waals surface area contributed by atoms with Gasteiger partial charge >= 0.3 is 0 Å². The lowest BCUT2D eigenvalue weighted by Gasteiger charge is -2.51. The van der Waals surface area contributed by atoms with Crippen molar-refractivity contribution in [2.45, 2.75) is 18.4 Å². The number of β-amino-alcohol motifs (C(OH)–C–C–N with tert-alkyl or cyclic N) is 1. The van der Waals surface area contributed by atoms with Crippen molar-refractivity contribution in [2.75, 3.05) is 60.1 Å². The topological polar surface area (TPSA) is 73.3 Å². The minimum Gasteiger partial charge on any atom is -0.395 e. The number of ether oxygens (including phenoxy) is 1. The van der Waals surface area contributed by atoms with E-state index in [9.17, 15) is 9.59 Å². The SMILES string of the molecule is COCC(=O)N1CCC2(CC1)C(=O)N(CCO)CCN2C. The van der Waals surface area contributed by atoms with Crippen LogP contribution in [0, 0.1) is 0 Å². The predicted octanol–water partition coefficient (Wildman–Crippen LogP) is -1.24. The van der Waals surface area contributed by atoms with Gasteiger partial charge in [-0.2, -0.15) is 0 Å². The zero-order valence-electron chi connectivity index (χ0n) is 12.9. The standard InChI is InChI=1S/C14H25N3O4/c1-15-7-8-17(9-10-18)13(20)14(15)3-5-16(6-4-14)12(19)11-21-2/h18H,3-11H2,1-2H3. The number of piperazine rings is 1. The molecule has 120 valence electrons.